The molecule has 0 saturated heterocycles. The highest BCUT2D eigenvalue weighted by Gasteiger charge is 2.15. The van der Waals surface area contributed by atoms with Crippen LogP contribution >= 0.6 is 0 Å². The summed E-state index contributed by atoms with van der Waals surface area (Å²) in [6, 6.07) is 8.11. The van der Waals surface area contributed by atoms with Crippen LogP contribution in [0.3, 0.4) is 0 Å². The van der Waals surface area contributed by atoms with Crippen LogP contribution < -0.4 is 10.1 Å². The molecule has 5 heteroatoms. The molecule has 1 heterocycles. The largest absolute Gasteiger partial charge is 0.493 e. The average Bonchev–Trinajstić information content (AvgIpc) is 2.96. The van der Waals surface area contributed by atoms with Gasteiger partial charge < -0.3 is 14.6 Å². The van der Waals surface area contributed by atoms with Crippen molar-refractivity contribution in [2.45, 2.75) is 39.2 Å². The van der Waals surface area contributed by atoms with E-state index in [1.165, 1.54) is 0 Å². The molecule has 1 aromatic carbocycles. The second kappa shape index (κ2) is 7.78. The van der Waals surface area contributed by atoms with Crippen LogP contribution in [0.1, 0.15) is 32.6 Å². The van der Waals surface area contributed by atoms with Gasteiger partial charge in [0.1, 0.15) is 5.75 Å². The van der Waals surface area contributed by atoms with E-state index < -0.39 is 0 Å². The molecule has 1 unspecified atom stereocenters. The van der Waals surface area contributed by atoms with Gasteiger partial charge in [0.25, 0.3) is 0 Å². The zero-order valence-corrected chi connectivity index (χ0v) is 12.9. The first-order valence-electron chi connectivity index (χ1n) is 7.50. The number of nitrogens with zero attached hydrogens (tertiary/aromatic N) is 2. The van der Waals surface area contributed by atoms with Crippen molar-refractivity contribution in [2.75, 3.05) is 13.7 Å². The summed E-state index contributed by atoms with van der Waals surface area (Å²) < 4.78 is 11.0. The number of hydrogen-bond donors (Lipinski definition) is 1. The molecule has 0 fully saturated rings. The van der Waals surface area contributed by atoms with E-state index in [-0.39, 0.29) is 0 Å². The second-order valence-corrected chi connectivity index (χ2v) is 4.92. The molecule has 5 nitrogen and oxygen atoms in total. The van der Waals surface area contributed by atoms with Crippen LogP contribution in [0.4, 0.5) is 0 Å². The van der Waals surface area contributed by atoms with Crippen LogP contribution in [0.15, 0.2) is 28.8 Å². The number of ether oxygens (including phenoxy) is 1. The Hall–Kier alpha value is -1.88. The third-order valence-corrected chi connectivity index (χ3v) is 3.36. The van der Waals surface area contributed by atoms with E-state index in [9.17, 15) is 0 Å². The second-order valence-electron chi connectivity index (χ2n) is 4.92. The molecule has 1 N–H and O–H groups in total. The molecule has 21 heavy (non-hydrogen) atoms. The third kappa shape index (κ3) is 4.04. The van der Waals surface area contributed by atoms with Crippen LogP contribution in [-0.2, 0) is 6.42 Å². The van der Waals surface area contributed by atoms with E-state index in [0.717, 1.165) is 30.6 Å². The quantitative estimate of drug-likeness (QED) is 0.809. The minimum Gasteiger partial charge on any atom is -0.493 e. The maximum atomic E-state index is 5.61. The lowest BCUT2D eigenvalue weighted by atomic mass is 10.1. The molecular weight excluding hydrogens is 266 g/mol. The van der Waals surface area contributed by atoms with Gasteiger partial charge >= 0.3 is 0 Å². The maximum Gasteiger partial charge on any atom is 0.228 e. The van der Waals surface area contributed by atoms with Crippen molar-refractivity contribution in [1.82, 2.24) is 15.5 Å². The molecule has 0 aliphatic heterocycles. The number of aromatic nitrogens is 2. The fourth-order valence-electron chi connectivity index (χ4n) is 2.29. The average molecular weight is 289 g/mol. The lowest BCUT2D eigenvalue weighted by molar-refractivity contribution is 0.340. The van der Waals surface area contributed by atoms with Gasteiger partial charge in [0.15, 0.2) is 0 Å². The summed E-state index contributed by atoms with van der Waals surface area (Å²) in [7, 11) is 1.96. The molecule has 1 atom stereocenters. The summed E-state index contributed by atoms with van der Waals surface area (Å²) in [5.74, 6) is 2.02. The van der Waals surface area contributed by atoms with Crippen molar-refractivity contribution < 1.29 is 9.26 Å². The molecule has 0 radical (unpaired) electrons. The van der Waals surface area contributed by atoms with Crippen molar-refractivity contribution in [3.8, 4) is 17.1 Å². The highest BCUT2D eigenvalue weighted by atomic mass is 16.5. The van der Waals surface area contributed by atoms with Crippen molar-refractivity contribution in [2.24, 2.45) is 0 Å². The summed E-state index contributed by atoms with van der Waals surface area (Å²) >= 11 is 0. The number of likely N-dealkylation sites (N-methyl/N-ethyl adjacent to an activating group) is 1. The van der Waals surface area contributed by atoms with E-state index in [1.54, 1.807) is 0 Å². The molecule has 114 valence electrons. The Balaban J connectivity index is 2.16. The molecule has 2 rings (SSSR count). The van der Waals surface area contributed by atoms with Gasteiger partial charge in [-0.2, -0.15) is 4.98 Å². The minimum absolute atomic E-state index is 0.366. The summed E-state index contributed by atoms with van der Waals surface area (Å²) in [5, 5.41) is 7.36. The SMILES string of the molecule is CCCC(Cc1nc(-c2ccccc2OCC)no1)NC. The first kappa shape index (κ1) is 15.5. The smallest absolute Gasteiger partial charge is 0.228 e. The molecule has 2 aromatic rings. The molecule has 0 saturated carbocycles. The predicted molar refractivity (Wildman–Crippen MR) is 82.4 cm³/mol. The Morgan fingerprint density at radius 1 is 1.29 bits per heavy atom. The van der Waals surface area contributed by atoms with Crippen molar-refractivity contribution in [3.05, 3.63) is 30.2 Å². The lowest BCUT2D eigenvalue weighted by Crippen LogP contribution is -2.27. The number of para-hydroxylation sites is 1. The third-order valence-electron chi connectivity index (χ3n) is 3.36. The van der Waals surface area contributed by atoms with E-state index in [0.29, 0.717) is 24.4 Å². The van der Waals surface area contributed by atoms with E-state index >= 15 is 0 Å². The Morgan fingerprint density at radius 3 is 2.81 bits per heavy atom. The molecule has 1 aromatic heterocycles. The van der Waals surface area contributed by atoms with E-state index in [1.807, 2.05) is 38.2 Å². The van der Waals surface area contributed by atoms with Gasteiger partial charge in [-0.15, -0.1) is 0 Å². The topological polar surface area (TPSA) is 60.2 Å². The first-order valence-corrected chi connectivity index (χ1v) is 7.50. The van der Waals surface area contributed by atoms with E-state index in [4.69, 9.17) is 9.26 Å². The van der Waals surface area contributed by atoms with Crippen molar-refractivity contribution >= 4 is 0 Å². The van der Waals surface area contributed by atoms with Crippen LogP contribution in [-0.4, -0.2) is 29.8 Å². The Labute approximate surface area is 125 Å². The Bertz CT molecular complexity index is 554. The lowest BCUT2D eigenvalue weighted by Gasteiger charge is -2.11. The zero-order valence-electron chi connectivity index (χ0n) is 12.9. The van der Waals surface area contributed by atoms with E-state index in [2.05, 4.69) is 22.4 Å². The van der Waals surface area contributed by atoms with Gasteiger partial charge in [0, 0.05) is 12.5 Å². The van der Waals surface area contributed by atoms with Crippen molar-refractivity contribution in [3.63, 3.8) is 0 Å². The summed E-state index contributed by atoms with van der Waals surface area (Å²) in [6.45, 7) is 4.74. The molecular formula is C16H23N3O2. The first-order chi connectivity index (χ1) is 10.3. The maximum absolute atomic E-state index is 5.61. The van der Waals surface area contributed by atoms with Gasteiger partial charge in [-0.1, -0.05) is 30.6 Å². The van der Waals surface area contributed by atoms with Gasteiger partial charge in [-0.25, -0.2) is 0 Å². The zero-order chi connectivity index (χ0) is 15.1. The summed E-state index contributed by atoms with van der Waals surface area (Å²) in [4.78, 5) is 4.50. The number of hydrogen-bond acceptors (Lipinski definition) is 5. The molecule has 0 aliphatic rings. The molecule has 0 spiro atoms. The summed E-state index contributed by atoms with van der Waals surface area (Å²) in [5.41, 5.74) is 0.867. The Morgan fingerprint density at radius 2 is 2.10 bits per heavy atom. The number of nitrogens with one attached hydrogen (secondary N) is 1. The van der Waals surface area contributed by atoms with Crippen LogP contribution in [0.5, 0.6) is 5.75 Å². The van der Waals surface area contributed by atoms with Gasteiger partial charge in [0.05, 0.1) is 12.2 Å². The van der Waals surface area contributed by atoms with Gasteiger partial charge in [-0.05, 0) is 32.5 Å². The molecule has 0 amide bonds. The van der Waals surface area contributed by atoms with Crippen LogP contribution in [0, 0.1) is 0 Å². The van der Waals surface area contributed by atoms with Gasteiger partial charge in [0.2, 0.25) is 11.7 Å². The van der Waals surface area contributed by atoms with Crippen molar-refractivity contribution in [1.29, 1.82) is 0 Å². The monoisotopic (exact) mass is 289 g/mol. The fraction of sp³-hybridized carbons (Fsp3) is 0.500. The Kier molecular flexibility index (Phi) is 5.75. The molecule has 0 bridgehead atoms. The predicted octanol–water partition coefficient (Wildman–Crippen LogP) is 3.07. The normalized spacial score (nSPS) is 12.3. The van der Waals surface area contributed by atoms with Crippen LogP contribution in [0.25, 0.3) is 11.4 Å². The standard InChI is InChI=1S/C16H23N3O2/c1-4-8-12(17-3)11-15-18-16(19-21-15)13-9-6-7-10-14(13)20-5-2/h6-7,9-10,12,17H,4-5,8,11H2,1-3H3. The molecule has 0 aliphatic carbocycles. The highest BCUT2D eigenvalue weighted by molar-refractivity contribution is 5.63. The number of benzene rings is 1. The van der Waals surface area contributed by atoms with Crippen LogP contribution in [0.2, 0.25) is 0 Å². The number of rotatable bonds is 8. The highest BCUT2D eigenvalue weighted by Crippen LogP contribution is 2.27. The fourth-order valence-corrected chi connectivity index (χ4v) is 2.29. The summed E-state index contributed by atoms with van der Waals surface area (Å²) in [6.07, 6.45) is 2.96. The minimum atomic E-state index is 0.366. The van der Waals surface area contributed by atoms with Gasteiger partial charge in [-0.3, -0.25) is 0 Å².